The maximum atomic E-state index is 13.0. The highest BCUT2D eigenvalue weighted by Gasteiger charge is 2.33. The first-order valence-electron chi connectivity index (χ1n) is 10.7. The Morgan fingerprint density at radius 3 is 2.65 bits per heavy atom. The van der Waals surface area contributed by atoms with Crippen LogP contribution < -0.4 is 5.32 Å². The largest absolute Gasteiger partial charge is 0.481 e. The summed E-state index contributed by atoms with van der Waals surface area (Å²) in [6, 6.07) is 11.7. The SMILES string of the molecule is N#Cc1cc(C(F)(F)F)ncc1-c1cc(C(=O)CNc2cccc3nc(CCC(=O)O)oc23)ccc1Cl. The Labute approximate surface area is 212 Å². The monoisotopic (exact) mass is 528 g/mol. The van der Waals surface area contributed by atoms with E-state index in [9.17, 15) is 28.0 Å². The second kappa shape index (κ2) is 10.3. The lowest BCUT2D eigenvalue weighted by Crippen LogP contribution is -2.14. The van der Waals surface area contributed by atoms with Crippen LogP contribution in [0.5, 0.6) is 0 Å². The van der Waals surface area contributed by atoms with Crippen LogP contribution in [0.2, 0.25) is 5.02 Å². The number of nitriles is 1. The summed E-state index contributed by atoms with van der Waals surface area (Å²) in [5.41, 5.74) is 0.257. The minimum Gasteiger partial charge on any atom is -0.481 e. The van der Waals surface area contributed by atoms with Gasteiger partial charge in [0.15, 0.2) is 17.3 Å². The van der Waals surface area contributed by atoms with Gasteiger partial charge >= 0.3 is 12.1 Å². The molecule has 4 aromatic rings. The van der Waals surface area contributed by atoms with E-state index in [4.69, 9.17) is 21.1 Å². The summed E-state index contributed by atoms with van der Waals surface area (Å²) < 4.78 is 44.6. The van der Waals surface area contributed by atoms with E-state index in [1.165, 1.54) is 18.2 Å². The van der Waals surface area contributed by atoms with Crippen molar-refractivity contribution in [1.29, 1.82) is 5.26 Å². The minimum atomic E-state index is -4.72. The van der Waals surface area contributed by atoms with Crippen molar-refractivity contribution in [2.75, 3.05) is 11.9 Å². The van der Waals surface area contributed by atoms with Crippen molar-refractivity contribution < 1.29 is 32.3 Å². The van der Waals surface area contributed by atoms with Crippen molar-refractivity contribution in [3.05, 3.63) is 76.4 Å². The van der Waals surface area contributed by atoms with Gasteiger partial charge in [-0.05, 0) is 36.4 Å². The molecule has 2 heterocycles. The van der Waals surface area contributed by atoms with Crippen LogP contribution in [0.1, 0.15) is 33.9 Å². The van der Waals surface area contributed by atoms with Crippen LogP contribution >= 0.6 is 11.6 Å². The molecule has 0 atom stereocenters. The Balaban J connectivity index is 1.57. The summed E-state index contributed by atoms with van der Waals surface area (Å²) in [7, 11) is 0. The van der Waals surface area contributed by atoms with E-state index in [0.29, 0.717) is 22.9 Å². The zero-order valence-electron chi connectivity index (χ0n) is 18.8. The van der Waals surface area contributed by atoms with Crippen LogP contribution in [0.4, 0.5) is 18.9 Å². The molecule has 8 nitrogen and oxygen atoms in total. The van der Waals surface area contributed by atoms with Gasteiger partial charge in [0.05, 0.1) is 30.3 Å². The van der Waals surface area contributed by atoms with E-state index in [1.54, 1.807) is 24.3 Å². The van der Waals surface area contributed by atoms with Gasteiger partial charge in [-0.2, -0.15) is 18.4 Å². The molecule has 0 saturated heterocycles. The number of Topliss-reactive ketones (excluding diaryl/α,β-unsaturated/α-hetero) is 1. The van der Waals surface area contributed by atoms with Crippen molar-refractivity contribution >= 4 is 40.1 Å². The number of hydrogen-bond acceptors (Lipinski definition) is 7. The third-order valence-corrected chi connectivity index (χ3v) is 5.67. The average molecular weight is 529 g/mol. The van der Waals surface area contributed by atoms with Crippen molar-refractivity contribution in [2.45, 2.75) is 19.0 Å². The number of carboxylic acids is 1. The lowest BCUT2D eigenvalue weighted by atomic mass is 9.98. The number of para-hydroxylation sites is 1. The predicted octanol–water partition coefficient (Wildman–Crippen LogP) is 5.75. The first-order chi connectivity index (χ1) is 17.6. The number of hydrogen-bond donors (Lipinski definition) is 2. The van der Waals surface area contributed by atoms with Crippen LogP contribution in [0.25, 0.3) is 22.2 Å². The van der Waals surface area contributed by atoms with E-state index in [2.05, 4.69) is 15.3 Å². The Morgan fingerprint density at radius 1 is 1.16 bits per heavy atom. The predicted molar refractivity (Wildman–Crippen MR) is 127 cm³/mol. The summed E-state index contributed by atoms with van der Waals surface area (Å²) in [6.45, 7) is -0.179. The molecule has 0 unspecified atom stereocenters. The zero-order valence-corrected chi connectivity index (χ0v) is 19.5. The fourth-order valence-corrected chi connectivity index (χ4v) is 3.77. The second-order valence-electron chi connectivity index (χ2n) is 7.85. The Bertz CT molecular complexity index is 1560. The van der Waals surface area contributed by atoms with E-state index in [-0.39, 0.29) is 58.3 Å². The van der Waals surface area contributed by atoms with Gasteiger partial charge < -0.3 is 14.8 Å². The lowest BCUT2D eigenvalue weighted by Gasteiger charge is -2.12. The van der Waals surface area contributed by atoms with Crippen molar-refractivity contribution in [3.8, 4) is 17.2 Å². The van der Waals surface area contributed by atoms with Gasteiger partial charge in [-0.3, -0.25) is 14.6 Å². The van der Waals surface area contributed by atoms with E-state index in [0.717, 1.165) is 6.20 Å². The van der Waals surface area contributed by atoms with E-state index in [1.807, 2.05) is 0 Å². The van der Waals surface area contributed by atoms with Gasteiger partial charge in [-0.1, -0.05) is 17.7 Å². The number of benzene rings is 2. The maximum absolute atomic E-state index is 13.0. The molecule has 0 aliphatic carbocycles. The first-order valence-corrected chi connectivity index (χ1v) is 11.1. The molecule has 0 aliphatic heterocycles. The zero-order chi connectivity index (χ0) is 26.7. The number of rotatable bonds is 8. The number of aromatic nitrogens is 2. The number of carboxylic acid groups (broad SMARTS) is 1. The summed E-state index contributed by atoms with van der Waals surface area (Å²) in [4.78, 5) is 31.4. The molecule has 0 fully saturated rings. The number of fused-ring (bicyclic) bond motifs is 1. The molecule has 0 aliphatic rings. The van der Waals surface area contributed by atoms with E-state index < -0.39 is 17.8 Å². The molecule has 2 aromatic heterocycles. The molecular formula is C25H16ClF3N4O4. The van der Waals surface area contributed by atoms with Crippen LogP contribution in [-0.2, 0) is 17.4 Å². The number of alkyl halides is 3. The third-order valence-electron chi connectivity index (χ3n) is 5.34. The van der Waals surface area contributed by atoms with Gasteiger partial charge in [0.25, 0.3) is 0 Å². The Hall–Kier alpha value is -4.43. The molecule has 0 bridgehead atoms. The van der Waals surface area contributed by atoms with Crippen LogP contribution in [0, 0.1) is 11.3 Å². The molecule has 0 saturated carbocycles. The number of carbonyl (C=O) groups is 2. The number of ketones is 1. The molecule has 0 spiro atoms. The number of pyridine rings is 1. The van der Waals surface area contributed by atoms with Crippen LogP contribution in [0.15, 0.2) is 53.1 Å². The lowest BCUT2D eigenvalue weighted by molar-refractivity contribution is -0.141. The number of aliphatic carboxylic acids is 1. The Kier molecular flexibility index (Phi) is 7.13. The molecule has 188 valence electrons. The summed E-state index contributed by atoms with van der Waals surface area (Å²) in [5.74, 6) is -1.11. The summed E-state index contributed by atoms with van der Waals surface area (Å²) in [6.07, 6.45) is -3.85. The van der Waals surface area contributed by atoms with Crippen molar-refractivity contribution in [2.24, 2.45) is 0 Å². The van der Waals surface area contributed by atoms with Crippen LogP contribution in [0.3, 0.4) is 0 Å². The third kappa shape index (κ3) is 5.70. The molecule has 12 heteroatoms. The number of nitrogens with zero attached hydrogens (tertiary/aromatic N) is 3. The van der Waals surface area contributed by atoms with Gasteiger partial charge in [0, 0.05) is 34.3 Å². The second-order valence-corrected chi connectivity index (χ2v) is 8.26. The normalized spacial score (nSPS) is 11.3. The molecule has 37 heavy (non-hydrogen) atoms. The number of aryl methyl sites for hydroxylation is 1. The maximum Gasteiger partial charge on any atom is 0.433 e. The van der Waals surface area contributed by atoms with Crippen molar-refractivity contribution in [1.82, 2.24) is 9.97 Å². The quantitative estimate of drug-likeness (QED) is 0.277. The standard InChI is InChI=1S/C25H16ClF3N4O4/c26-17-5-4-13(8-15(17)16-11-32-21(25(27,28)29)9-14(16)10-30)20(34)12-31-18-2-1-3-19-24(18)37-22(33-19)6-7-23(35)36/h1-5,8-9,11,31H,6-7,12H2,(H,35,36). The summed E-state index contributed by atoms with van der Waals surface area (Å²) in [5, 5.41) is 21.3. The summed E-state index contributed by atoms with van der Waals surface area (Å²) >= 11 is 6.24. The van der Waals surface area contributed by atoms with Crippen molar-refractivity contribution in [3.63, 3.8) is 0 Å². The van der Waals surface area contributed by atoms with E-state index >= 15 is 0 Å². The first kappa shape index (κ1) is 25.7. The number of nitrogens with one attached hydrogen (secondary N) is 1. The number of anilines is 1. The van der Waals surface area contributed by atoms with Gasteiger partial charge in [0.2, 0.25) is 0 Å². The van der Waals surface area contributed by atoms with Gasteiger partial charge in [-0.15, -0.1) is 0 Å². The van der Waals surface area contributed by atoms with Crippen LogP contribution in [-0.4, -0.2) is 33.4 Å². The van der Waals surface area contributed by atoms with Gasteiger partial charge in [-0.25, -0.2) is 4.98 Å². The highest BCUT2D eigenvalue weighted by molar-refractivity contribution is 6.33. The smallest absolute Gasteiger partial charge is 0.433 e. The number of halogens is 4. The topological polar surface area (TPSA) is 129 Å². The molecule has 4 rings (SSSR count). The molecule has 2 aromatic carbocycles. The fourth-order valence-electron chi connectivity index (χ4n) is 3.56. The highest BCUT2D eigenvalue weighted by Crippen LogP contribution is 2.35. The Morgan fingerprint density at radius 2 is 1.95 bits per heavy atom. The average Bonchev–Trinajstić information content (AvgIpc) is 3.29. The van der Waals surface area contributed by atoms with Gasteiger partial charge in [0.1, 0.15) is 11.2 Å². The molecular weight excluding hydrogens is 513 g/mol. The number of carbonyl (C=O) groups excluding carboxylic acids is 1. The number of oxazole rings is 1. The molecule has 2 N–H and O–H groups in total. The highest BCUT2D eigenvalue weighted by atomic mass is 35.5. The molecule has 0 amide bonds. The minimum absolute atomic E-state index is 0.0587. The fraction of sp³-hybridized carbons (Fsp3) is 0.160. The molecule has 0 radical (unpaired) electrons.